The molecule has 0 radical (unpaired) electrons. The molecule has 29 heavy (non-hydrogen) atoms. The fourth-order valence-electron chi connectivity index (χ4n) is 2.44. The third kappa shape index (κ3) is 12.4. The maximum Gasteiger partial charge on any atom is 0.191 e. The predicted octanol–water partition coefficient (Wildman–Crippen LogP) is 3.78. The first-order valence-electron chi connectivity index (χ1n) is 9.73. The van der Waals surface area contributed by atoms with Crippen molar-refractivity contribution in [2.45, 2.75) is 19.4 Å². The molecule has 1 aromatic carbocycles. The van der Waals surface area contributed by atoms with Crippen LogP contribution in [-0.4, -0.2) is 45.4 Å². The first kappa shape index (κ1) is 25.2. The lowest BCUT2D eigenvalue weighted by Crippen LogP contribution is -2.38. The Bertz CT molecular complexity index is 663. The molecule has 0 fully saturated rings. The minimum atomic E-state index is 0. The summed E-state index contributed by atoms with van der Waals surface area (Å²) in [7, 11) is 0. The summed E-state index contributed by atoms with van der Waals surface area (Å²) in [6.07, 6.45) is 5.17. The number of benzene rings is 1. The highest BCUT2D eigenvalue weighted by Gasteiger charge is 1.99. The predicted molar refractivity (Wildman–Crippen MR) is 128 cm³/mol. The Labute approximate surface area is 190 Å². The van der Waals surface area contributed by atoms with Gasteiger partial charge in [0, 0.05) is 32.7 Å². The smallest absolute Gasteiger partial charge is 0.191 e. The molecule has 2 aromatic rings. The van der Waals surface area contributed by atoms with Gasteiger partial charge in [-0.05, 0) is 24.1 Å². The standard InChI is InChI=1S/C22H31N3O3.HI/c1-2-12-23-22(25-14-11-21-10-6-16-28-21)24-13-7-15-26-17-18-27-19-20-8-4-3-5-9-20;/h2-6,8-10,16H,1,7,11-15,17-19H2,(H2,23,24,25);1H. The molecule has 6 nitrogen and oxygen atoms in total. The molecule has 0 unspecified atom stereocenters. The van der Waals surface area contributed by atoms with Gasteiger partial charge in [-0.15, -0.1) is 30.6 Å². The third-order valence-corrected chi connectivity index (χ3v) is 3.86. The van der Waals surface area contributed by atoms with Crippen LogP contribution in [0.25, 0.3) is 0 Å². The summed E-state index contributed by atoms with van der Waals surface area (Å²) in [5.74, 6) is 1.73. The first-order chi connectivity index (χ1) is 13.9. The number of ether oxygens (including phenoxy) is 2. The second-order valence-electron chi connectivity index (χ2n) is 6.16. The van der Waals surface area contributed by atoms with Gasteiger partial charge >= 0.3 is 0 Å². The van der Waals surface area contributed by atoms with Crippen LogP contribution in [-0.2, 0) is 22.5 Å². The molecular weight excluding hydrogens is 481 g/mol. The zero-order chi connectivity index (χ0) is 19.7. The number of hydrogen-bond donors (Lipinski definition) is 2. The minimum absolute atomic E-state index is 0. The average molecular weight is 513 g/mol. The molecule has 0 saturated heterocycles. The number of guanidine groups is 1. The van der Waals surface area contributed by atoms with Gasteiger partial charge in [-0.2, -0.15) is 0 Å². The van der Waals surface area contributed by atoms with Crippen molar-refractivity contribution >= 4 is 29.9 Å². The molecule has 0 spiro atoms. The van der Waals surface area contributed by atoms with Crippen molar-refractivity contribution in [2.75, 3.05) is 39.5 Å². The van der Waals surface area contributed by atoms with Crippen LogP contribution in [0.3, 0.4) is 0 Å². The molecule has 2 N–H and O–H groups in total. The molecule has 0 amide bonds. The summed E-state index contributed by atoms with van der Waals surface area (Å²) >= 11 is 0. The van der Waals surface area contributed by atoms with E-state index in [1.807, 2.05) is 36.4 Å². The van der Waals surface area contributed by atoms with E-state index in [-0.39, 0.29) is 24.0 Å². The summed E-state index contributed by atoms with van der Waals surface area (Å²) < 4.78 is 16.5. The number of aliphatic imine (C=N–C) groups is 1. The maximum absolute atomic E-state index is 5.60. The SMILES string of the molecule is C=CCNC(=NCCCOCCOCc1ccccc1)NCCc1ccco1.I. The lowest BCUT2D eigenvalue weighted by molar-refractivity contribution is 0.0403. The van der Waals surface area contributed by atoms with Gasteiger partial charge in [0.25, 0.3) is 0 Å². The molecule has 2 rings (SSSR count). The van der Waals surface area contributed by atoms with Crippen LogP contribution in [0.15, 0.2) is 70.8 Å². The maximum atomic E-state index is 5.60. The van der Waals surface area contributed by atoms with E-state index in [0.717, 1.165) is 31.1 Å². The molecule has 0 aliphatic carbocycles. The Morgan fingerprint density at radius 2 is 1.86 bits per heavy atom. The van der Waals surface area contributed by atoms with Crippen molar-refractivity contribution in [1.29, 1.82) is 0 Å². The quantitative estimate of drug-likeness (QED) is 0.132. The molecule has 0 bridgehead atoms. The van der Waals surface area contributed by atoms with Gasteiger partial charge in [0.1, 0.15) is 5.76 Å². The van der Waals surface area contributed by atoms with E-state index in [1.54, 1.807) is 6.26 Å². The monoisotopic (exact) mass is 513 g/mol. The summed E-state index contributed by atoms with van der Waals surface area (Å²) in [4.78, 5) is 4.56. The van der Waals surface area contributed by atoms with Crippen molar-refractivity contribution < 1.29 is 13.9 Å². The van der Waals surface area contributed by atoms with Crippen molar-refractivity contribution in [3.05, 3.63) is 72.7 Å². The molecule has 7 heteroatoms. The lowest BCUT2D eigenvalue weighted by Gasteiger charge is -2.11. The Balaban J connectivity index is 0.00000420. The number of nitrogens with one attached hydrogen (secondary N) is 2. The van der Waals surface area contributed by atoms with E-state index in [2.05, 4.69) is 34.3 Å². The number of hydrogen-bond acceptors (Lipinski definition) is 4. The van der Waals surface area contributed by atoms with Gasteiger partial charge in [0.2, 0.25) is 0 Å². The molecule has 0 aliphatic heterocycles. The Morgan fingerprint density at radius 1 is 1.03 bits per heavy atom. The highest BCUT2D eigenvalue weighted by Crippen LogP contribution is 2.00. The minimum Gasteiger partial charge on any atom is -0.469 e. The molecule has 160 valence electrons. The van der Waals surface area contributed by atoms with Crippen LogP contribution in [0.2, 0.25) is 0 Å². The summed E-state index contributed by atoms with van der Waals surface area (Å²) in [5.41, 5.74) is 1.18. The van der Waals surface area contributed by atoms with Crippen LogP contribution < -0.4 is 10.6 Å². The number of furan rings is 1. The highest BCUT2D eigenvalue weighted by atomic mass is 127. The van der Waals surface area contributed by atoms with E-state index in [1.165, 1.54) is 5.56 Å². The van der Waals surface area contributed by atoms with Crippen LogP contribution in [0.1, 0.15) is 17.7 Å². The number of nitrogens with zero attached hydrogens (tertiary/aromatic N) is 1. The van der Waals surface area contributed by atoms with Crippen LogP contribution in [0, 0.1) is 0 Å². The normalized spacial score (nSPS) is 11.0. The Morgan fingerprint density at radius 3 is 2.62 bits per heavy atom. The molecular formula is C22H32IN3O3. The van der Waals surface area contributed by atoms with Crippen molar-refractivity contribution in [3.8, 4) is 0 Å². The van der Waals surface area contributed by atoms with E-state index in [0.29, 0.717) is 39.5 Å². The van der Waals surface area contributed by atoms with E-state index < -0.39 is 0 Å². The van der Waals surface area contributed by atoms with Crippen molar-refractivity contribution in [3.63, 3.8) is 0 Å². The highest BCUT2D eigenvalue weighted by molar-refractivity contribution is 14.0. The van der Waals surface area contributed by atoms with Gasteiger partial charge < -0.3 is 24.5 Å². The van der Waals surface area contributed by atoms with Gasteiger partial charge in [0.05, 0.1) is 26.1 Å². The van der Waals surface area contributed by atoms with E-state index in [9.17, 15) is 0 Å². The van der Waals surface area contributed by atoms with E-state index >= 15 is 0 Å². The second kappa shape index (κ2) is 17.1. The van der Waals surface area contributed by atoms with Crippen molar-refractivity contribution in [2.24, 2.45) is 4.99 Å². The first-order valence-corrected chi connectivity index (χ1v) is 9.73. The fourth-order valence-corrected chi connectivity index (χ4v) is 2.44. The van der Waals surface area contributed by atoms with Crippen LogP contribution >= 0.6 is 24.0 Å². The summed E-state index contributed by atoms with van der Waals surface area (Å²) in [6, 6.07) is 14.0. The summed E-state index contributed by atoms with van der Waals surface area (Å²) in [5, 5.41) is 6.51. The van der Waals surface area contributed by atoms with Crippen LogP contribution in [0.4, 0.5) is 0 Å². The van der Waals surface area contributed by atoms with Gasteiger partial charge in [-0.3, -0.25) is 4.99 Å². The van der Waals surface area contributed by atoms with Gasteiger partial charge in [-0.1, -0.05) is 36.4 Å². The topological polar surface area (TPSA) is 68.0 Å². The molecule has 1 aromatic heterocycles. The number of rotatable bonds is 14. The zero-order valence-electron chi connectivity index (χ0n) is 16.8. The Hall–Kier alpha value is -1.84. The van der Waals surface area contributed by atoms with Crippen LogP contribution in [0.5, 0.6) is 0 Å². The average Bonchev–Trinajstić information content (AvgIpc) is 3.24. The van der Waals surface area contributed by atoms with Gasteiger partial charge in [0.15, 0.2) is 5.96 Å². The number of halogens is 1. The van der Waals surface area contributed by atoms with Crippen molar-refractivity contribution in [1.82, 2.24) is 10.6 Å². The zero-order valence-corrected chi connectivity index (χ0v) is 19.2. The molecule has 1 heterocycles. The molecule has 0 aliphatic rings. The van der Waals surface area contributed by atoms with E-state index in [4.69, 9.17) is 13.9 Å². The third-order valence-electron chi connectivity index (χ3n) is 3.86. The fraction of sp³-hybridized carbons (Fsp3) is 0.409. The van der Waals surface area contributed by atoms with Gasteiger partial charge in [-0.25, -0.2) is 0 Å². The molecule has 0 saturated carbocycles. The largest absolute Gasteiger partial charge is 0.469 e. The lowest BCUT2D eigenvalue weighted by atomic mass is 10.2. The Kier molecular flexibility index (Phi) is 14.8. The summed E-state index contributed by atoms with van der Waals surface area (Å²) in [6.45, 7) is 8.32. The second-order valence-corrected chi connectivity index (χ2v) is 6.16. The molecule has 0 atom stereocenters.